The van der Waals surface area contributed by atoms with Gasteiger partial charge in [0.1, 0.15) is 5.75 Å². The Morgan fingerprint density at radius 1 is 1.18 bits per heavy atom. The van der Waals surface area contributed by atoms with E-state index in [0.29, 0.717) is 36.1 Å². The summed E-state index contributed by atoms with van der Waals surface area (Å²) in [6.07, 6.45) is -2.97. The Hall–Kier alpha value is -3.56. The molecule has 0 spiro atoms. The summed E-state index contributed by atoms with van der Waals surface area (Å²) in [6, 6.07) is 9.75. The monoisotopic (exact) mass is 478 g/mol. The number of aromatic nitrogens is 1. The third-order valence-electron chi connectivity index (χ3n) is 5.11. The molecule has 3 aromatic rings. The minimum Gasteiger partial charge on any atom is -0.493 e. The Labute approximate surface area is 193 Å². The average molecular weight is 478 g/mol. The van der Waals surface area contributed by atoms with Crippen LogP contribution < -0.4 is 10.1 Å². The Bertz CT molecular complexity index is 1160. The van der Waals surface area contributed by atoms with E-state index in [-0.39, 0.29) is 42.9 Å². The summed E-state index contributed by atoms with van der Waals surface area (Å²) in [7, 11) is 0. The number of aliphatic carboxylic acids is 1. The number of aryl methyl sites for hydroxylation is 1. The second-order valence-electron chi connectivity index (χ2n) is 7.82. The van der Waals surface area contributed by atoms with Crippen molar-refractivity contribution < 1.29 is 37.1 Å². The van der Waals surface area contributed by atoms with Crippen LogP contribution in [0.25, 0.3) is 11.0 Å². The molecule has 0 aliphatic carbocycles. The molecule has 0 bridgehead atoms. The van der Waals surface area contributed by atoms with Gasteiger partial charge in [0, 0.05) is 18.5 Å². The Balaban J connectivity index is 1.53. The summed E-state index contributed by atoms with van der Waals surface area (Å²) in [5, 5.41) is 14.8. The highest BCUT2D eigenvalue weighted by Crippen LogP contribution is 2.38. The van der Waals surface area contributed by atoms with Gasteiger partial charge in [-0.2, -0.15) is 13.2 Å². The number of nitrogens with one attached hydrogen (secondary N) is 1. The molecule has 34 heavy (non-hydrogen) atoms. The smallest absolute Gasteiger partial charge is 0.437 e. The molecule has 2 N–H and O–H groups in total. The number of carboxylic acid groups (broad SMARTS) is 1. The van der Waals surface area contributed by atoms with Crippen LogP contribution >= 0.6 is 0 Å². The van der Waals surface area contributed by atoms with E-state index in [9.17, 15) is 22.8 Å². The summed E-state index contributed by atoms with van der Waals surface area (Å²) in [6.45, 7) is 2.37. The fourth-order valence-corrected chi connectivity index (χ4v) is 3.60. The number of nitrogens with zero attached hydrogens (tertiary/aromatic N) is 1. The predicted octanol–water partition coefficient (Wildman–Crippen LogP) is 4.90. The molecular weight excluding hydrogens is 453 g/mol. The highest BCUT2D eigenvalue weighted by Gasteiger charge is 2.37. The maximum atomic E-state index is 13.1. The predicted molar refractivity (Wildman–Crippen MR) is 117 cm³/mol. The normalized spacial score (nSPS) is 11.5. The molecule has 0 atom stereocenters. The maximum absolute atomic E-state index is 13.1. The third-order valence-corrected chi connectivity index (χ3v) is 5.11. The quantitative estimate of drug-likeness (QED) is 0.380. The molecule has 0 aliphatic heterocycles. The highest BCUT2D eigenvalue weighted by molar-refractivity contribution is 5.85. The van der Waals surface area contributed by atoms with E-state index in [2.05, 4.69) is 10.5 Å². The first-order chi connectivity index (χ1) is 16.2. The van der Waals surface area contributed by atoms with Crippen molar-refractivity contribution in [2.24, 2.45) is 0 Å². The van der Waals surface area contributed by atoms with Gasteiger partial charge in [0.15, 0.2) is 11.3 Å². The summed E-state index contributed by atoms with van der Waals surface area (Å²) >= 11 is 0. The van der Waals surface area contributed by atoms with Crippen LogP contribution in [0.4, 0.5) is 13.2 Å². The van der Waals surface area contributed by atoms with Gasteiger partial charge in [0.2, 0.25) is 5.91 Å². The summed E-state index contributed by atoms with van der Waals surface area (Å²) in [5.74, 6) is -0.706. The van der Waals surface area contributed by atoms with Crippen molar-refractivity contribution in [2.75, 3.05) is 6.61 Å². The van der Waals surface area contributed by atoms with Crippen LogP contribution in [0, 0.1) is 0 Å². The number of amides is 1. The number of carbonyl (C=O) groups excluding carboxylic acids is 1. The molecular formula is C24H25F3N2O5. The van der Waals surface area contributed by atoms with Gasteiger partial charge in [0.05, 0.1) is 18.4 Å². The van der Waals surface area contributed by atoms with Crippen molar-refractivity contribution in [3.05, 3.63) is 58.8 Å². The zero-order valence-electron chi connectivity index (χ0n) is 18.6. The molecule has 7 nitrogen and oxygen atoms in total. The molecule has 10 heteroatoms. The van der Waals surface area contributed by atoms with Gasteiger partial charge >= 0.3 is 12.1 Å². The number of rotatable bonds is 11. The van der Waals surface area contributed by atoms with E-state index >= 15 is 0 Å². The number of alkyl halides is 3. The fourth-order valence-electron chi connectivity index (χ4n) is 3.60. The molecule has 1 amide bonds. The SMILES string of the molecule is CCCc1c(OCCCC(=O)NCc2cccc(CC(=O)O)c2)ccc2c(C(F)(F)F)noc12. The van der Waals surface area contributed by atoms with E-state index in [1.807, 2.05) is 6.92 Å². The van der Waals surface area contributed by atoms with Crippen molar-refractivity contribution in [1.29, 1.82) is 0 Å². The van der Waals surface area contributed by atoms with E-state index in [0.717, 1.165) is 5.56 Å². The van der Waals surface area contributed by atoms with E-state index in [1.54, 1.807) is 24.3 Å². The maximum Gasteiger partial charge on any atom is 0.437 e. The third kappa shape index (κ3) is 6.49. The Morgan fingerprint density at radius 2 is 1.94 bits per heavy atom. The van der Waals surface area contributed by atoms with Gasteiger partial charge in [-0.3, -0.25) is 9.59 Å². The molecule has 0 unspecified atom stereocenters. The first-order valence-corrected chi connectivity index (χ1v) is 10.9. The number of benzene rings is 2. The number of halogens is 3. The number of carbonyl (C=O) groups is 2. The fraction of sp³-hybridized carbons (Fsp3) is 0.375. The molecule has 1 heterocycles. The van der Waals surface area contributed by atoms with Crippen molar-refractivity contribution in [3.63, 3.8) is 0 Å². The largest absolute Gasteiger partial charge is 0.493 e. The average Bonchev–Trinajstić information content (AvgIpc) is 3.21. The molecule has 1 aromatic heterocycles. The van der Waals surface area contributed by atoms with Crippen LogP contribution in [0.2, 0.25) is 0 Å². The van der Waals surface area contributed by atoms with Crippen molar-refractivity contribution in [2.45, 2.75) is 51.7 Å². The molecule has 0 aliphatic rings. The van der Waals surface area contributed by atoms with Crippen molar-refractivity contribution in [3.8, 4) is 5.75 Å². The standard InChI is InChI=1S/C24H25F3N2O5/c1-2-5-17-19(10-9-18-22(17)34-29-23(18)24(25,26)27)33-11-4-8-20(30)28-14-16-7-3-6-15(12-16)13-21(31)32/h3,6-7,9-10,12H,2,4-5,8,11,13-14H2,1H3,(H,28,30)(H,31,32). The minimum atomic E-state index is -4.61. The Morgan fingerprint density at radius 3 is 2.65 bits per heavy atom. The van der Waals surface area contributed by atoms with Crippen molar-refractivity contribution in [1.82, 2.24) is 10.5 Å². The molecule has 0 fully saturated rings. The lowest BCUT2D eigenvalue weighted by Crippen LogP contribution is -2.23. The van der Waals surface area contributed by atoms with Crippen LogP contribution in [0.5, 0.6) is 5.75 Å². The molecule has 0 saturated heterocycles. The second kappa shape index (κ2) is 11.0. The van der Waals surface area contributed by atoms with Gasteiger partial charge in [0.25, 0.3) is 0 Å². The van der Waals surface area contributed by atoms with Gasteiger partial charge in [-0.1, -0.05) is 42.8 Å². The number of carboxylic acids is 1. The van der Waals surface area contributed by atoms with Crippen molar-refractivity contribution >= 4 is 22.8 Å². The summed E-state index contributed by atoms with van der Waals surface area (Å²) in [4.78, 5) is 23.0. The van der Waals surface area contributed by atoms with E-state index in [1.165, 1.54) is 12.1 Å². The van der Waals surface area contributed by atoms with Crippen LogP contribution in [-0.2, 0) is 35.2 Å². The number of fused-ring (bicyclic) bond motifs is 1. The van der Waals surface area contributed by atoms with Crippen LogP contribution in [0.3, 0.4) is 0 Å². The molecule has 3 rings (SSSR count). The van der Waals surface area contributed by atoms with Crippen LogP contribution in [-0.4, -0.2) is 28.7 Å². The number of ether oxygens (including phenoxy) is 1. The van der Waals surface area contributed by atoms with Gasteiger partial charge in [-0.05, 0) is 36.1 Å². The highest BCUT2D eigenvalue weighted by atomic mass is 19.4. The molecule has 2 aromatic carbocycles. The number of hydrogen-bond acceptors (Lipinski definition) is 5. The summed E-state index contributed by atoms with van der Waals surface area (Å²) < 4.78 is 50.1. The zero-order valence-corrected chi connectivity index (χ0v) is 18.6. The minimum absolute atomic E-state index is 0.0644. The first-order valence-electron chi connectivity index (χ1n) is 10.9. The second-order valence-corrected chi connectivity index (χ2v) is 7.82. The zero-order chi connectivity index (χ0) is 24.7. The van der Waals surface area contributed by atoms with Crippen LogP contribution in [0.15, 0.2) is 40.9 Å². The first kappa shape index (κ1) is 25.1. The van der Waals surface area contributed by atoms with E-state index in [4.69, 9.17) is 14.4 Å². The summed E-state index contributed by atoms with van der Waals surface area (Å²) in [5.41, 5.74) is 0.979. The lowest BCUT2D eigenvalue weighted by atomic mass is 10.0. The van der Waals surface area contributed by atoms with Crippen LogP contribution in [0.1, 0.15) is 48.6 Å². The lowest BCUT2D eigenvalue weighted by Gasteiger charge is -2.12. The van der Waals surface area contributed by atoms with E-state index < -0.39 is 17.8 Å². The lowest BCUT2D eigenvalue weighted by molar-refractivity contribution is -0.141. The van der Waals surface area contributed by atoms with Gasteiger partial charge in [-0.25, -0.2) is 0 Å². The molecule has 0 saturated carbocycles. The molecule has 182 valence electrons. The van der Waals surface area contributed by atoms with Gasteiger partial charge < -0.3 is 19.7 Å². The topological polar surface area (TPSA) is 102 Å². The molecule has 0 radical (unpaired) electrons. The van der Waals surface area contributed by atoms with Gasteiger partial charge in [-0.15, -0.1) is 0 Å². The Kier molecular flexibility index (Phi) is 8.14. The number of hydrogen-bond donors (Lipinski definition) is 2.